The van der Waals surface area contributed by atoms with Crippen molar-refractivity contribution in [2.24, 2.45) is 4.99 Å². The van der Waals surface area contributed by atoms with E-state index >= 15 is 0 Å². The smallest absolute Gasteiger partial charge is 0.372 e. The molecular formula is C19H16F3N3. The fraction of sp³-hybridized carbons (Fsp3) is 0.211. The highest BCUT2D eigenvalue weighted by Gasteiger charge is 2.34. The number of aliphatic imine (C=N–C) groups is 1. The summed E-state index contributed by atoms with van der Waals surface area (Å²) in [6.07, 6.45) is -3.93. The quantitative estimate of drug-likeness (QED) is 0.727. The zero-order chi connectivity index (χ0) is 17.4. The summed E-state index contributed by atoms with van der Waals surface area (Å²) in [7, 11) is 0. The van der Waals surface area contributed by atoms with E-state index in [1.54, 1.807) is 6.07 Å². The lowest BCUT2D eigenvalue weighted by atomic mass is 9.98. The molecule has 0 unspecified atom stereocenters. The van der Waals surface area contributed by atoms with Crippen LogP contribution in [0.4, 0.5) is 13.2 Å². The lowest BCUT2D eigenvalue weighted by Crippen LogP contribution is -2.20. The number of hydrogen-bond donors (Lipinski definition) is 2. The molecule has 0 fully saturated rings. The summed E-state index contributed by atoms with van der Waals surface area (Å²) in [6, 6.07) is 13.2. The topological polar surface area (TPSA) is 40.2 Å². The van der Waals surface area contributed by atoms with E-state index in [0.717, 1.165) is 34.9 Å². The van der Waals surface area contributed by atoms with Gasteiger partial charge in [-0.2, -0.15) is 13.2 Å². The monoisotopic (exact) mass is 343 g/mol. The third-order valence-corrected chi connectivity index (χ3v) is 4.40. The van der Waals surface area contributed by atoms with Gasteiger partial charge in [0.25, 0.3) is 0 Å². The van der Waals surface area contributed by atoms with E-state index < -0.39 is 11.7 Å². The highest BCUT2D eigenvalue weighted by atomic mass is 19.4. The minimum Gasteiger partial charge on any atom is -0.372 e. The van der Waals surface area contributed by atoms with Gasteiger partial charge in [-0.25, -0.2) is 0 Å². The molecule has 1 aromatic heterocycles. The van der Waals surface area contributed by atoms with Crippen LogP contribution in [0.1, 0.15) is 11.1 Å². The molecule has 2 heterocycles. The zero-order valence-electron chi connectivity index (χ0n) is 13.3. The minimum absolute atomic E-state index is 0.166. The number of H-pyrrole nitrogens is 1. The van der Waals surface area contributed by atoms with Crippen molar-refractivity contribution in [3.8, 4) is 11.3 Å². The Morgan fingerprint density at radius 3 is 2.52 bits per heavy atom. The number of nitrogens with zero attached hydrogens (tertiary/aromatic N) is 1. The number of para-hydroxylation sites is 1. The van der Waals surface area contributed by atoms with Crippen molar-refractivity contribution in [1.82, 2.24) is 10.3 Å². The van der Waals surface area contributed by atoms with E-state index in [4.69, 9.17) is 0 Å². The molecule has 1 aliphatic rings. The van der Waals surface area contributed by atoms with Crippen LogP contribution < -0.4 is 5.32 Å². The molecule has 0 aliphatic carbocycles. The molecule has 2 N–H and O–H groups in total. The van der Waals surface area contributed by atoms with Crippen LogP contribution in [0.25, 0.3) is 22.2 Å². The molecule has 0 bridgehead atoms. The number of amidine groups is 1. The fourth-order valence-corrected chi connectivity index (χ4v) is 3.29. The highest BCUT2D eigenvalue weighted by Crippen LogP contribution is 2.39. The Balaban J connectivity index is 1.93. The molecule has 0 amide bonds. The Kier molecular flexibility index (Phi) is 3.75. The van der Waals surface area contributed by atoms with Crippen LogP contribution in [0.2, 0.25) is 0 Å². The first-order chi connectivity index (χ1) is 12.0. The largest absolute Gasteiger partial charge is 0.417 e. The lowest BCUT2D eigenvalue weighted by molar-refractivity contribution is -0.137. The van der Waals surface area contributed by atoms with Gasteiger partial charge in [0.05, 0.1) is 17.8 Å². The van der Waals surface area contributed by atoms with Crippen molar-refractivity contribution in [2.75, 3.05) is 13.1 Å². The number of fused-ring (bicyclic) bond motifs is 1. The zero-order valence-corrected chi connectivity index (χ0v) is 13.3. The molecule has 25 heavy (non-hydrogen) atoms. The third-order valence-electron chi connectivity index (χ3n) is 4.40. The molecule has 1 aliphatic heterocycles. The fourth-order valence-electron chi connectivity index (χ4n) is 3.29. The van der Waals surface area contributed by atoms with Gasteiger partial charge >= 0.3 is 6.18 Å². The van der Waals surface area contributed by atoms with Gasteiger partial charge in [0.15, 0.2) is 0 Å². The van der Waals surface area contributed by atoms with Crippen LogP contribution in [0.5, 0.6) is 0 Å². The maximum Gasteiger partial charge on any atom is 0.417 e. The average molecular weight is 343 g/mol. The predicted molar refractivity (Wildman–Crippen MR) is 92.7 cm³/mol. The number of alkyl halides is 3. The van der Waals surface area contributed by atoms with Gasteiger partial charge in [0.2, 0.25) is 0 Å². The molecule has 0 radical (unpaired) electrons. The van der Waals surface area contributed by atoms with E-state index in [1.807, 2.05) is 24.3 Å². The van der Waals surface area contributed by atoms with Gasteiger partial charge in [0.1, 0.15) is 5.84 Å². The Hall–Kier alpha value is -2.76. The van der Waals surface area contributed by atoms with Gasteiger partial charge in [0, 0.05) is 29.4 Å². The third kappa shape index (κ3) is 2.88. The summed E-state index contributed by atoms with van der Waals surface area (Å²) in [5.74, 6) is 0.815. The Bertz CT molecular complexity index is 954. The molecular weight excluding hydrogens is 327 g/mol. The molecule has 0 saturated carbocycles. The molecule has 3 aromatic rings. The molecule has 0 saturated heterocycles. The maximum atomic E-state index is 13.5. The van der Waals surface area contributed by atoms with Gasteiger partial charge in [-0.3, -0.25) is 4.99 Å². The molecule has 128 valence electrons. The van der Waals surface area contributed by atoms with E-state index in [-0.39, 0.29) is 5.56 Å². The van der Waals surface area contributed by atoms with Crippen molar-refractivity contribution in [3.05, 3.63) is 59.7 Å². The summed E-state index contributed by atoms with van der Waals surface area (Å²) >= 11 is 0. The second-order valence-corrected chi connectivity index (χ2v) is 6.00. The number of rotatable bonds is 3. The lowest BCUT2D eigenvalue weighted by Gasteiger charge is -2.13. The van der Waals surface area contributed by atoms with Crippen LogP contribution in [-0.4, -0.2) is 23.9 Å². The number of hydrogen-bond acceptors (Lipinski definition) is 2. The van der Waals surface area contributed by atoms with Crippen LogP contribution >= 0.6 is 0 Å². The van der Waals surface area contributed by atoms with Crippen molar-refractivity contribution in [2.45, 2.75) is 12.6 Å². The van der Waals surface area contributed by atoms with E-state index in [2.05, 4.69) is 15.3 Å². The normalized spacial score (nSPS) is 14.6. The van der Waals surface area contributed by atoms with Gasteiger partial charge in [-0.05, 0) is 17.7 Å². The number of aromatic amines is 1. The van der Waals surface area contributed by atoms with Crippen LogP contribution in [0.3, 0.4) is 0 Å². The number of aromatic nitrogens is 1. The number of nitrogens with one attached hydrogen (secondary N) is 2. The Labute approximate surface area is 142 Å². The molecule has 3 nitrogen and oxygen atoms in total. The van der Waals surface area contributed by atoms with E-state index in [1.165, 1.54) is 12.1 Å². The average Bonchev–Trinajstić information content (AvgIpc) is 3.23. The first kappa shape index (κ1) is 15.7. The summed E-state index contributed by atoms with van der Waals surface area (Å²) < 4.78 is 40.4. The molecule has 0 spiro atoms. The molecule has 6 heteroatoms. The number of halogens is 3. The second-order valence-electron chi connectivity index (χ2n) is 6.00. The van der Waals surface area contributed by atoms with Crippen molar-refractivity contribution in [1.29, 1.82) is 0 Å². The van der Waals surface area contributed by atoms with Gasteiger partial charge in [-0.1, -0.05) is 36.4 Å². The van der Waals surface area contributed by atoms with Gasteiger partial charge < -0.3 is 10.3 Å². The van der Waals surface area contributed by atoms with Crippen LogP contribution in [0.15, 0.2) is 53.5 Å². The first-order valence-electron chi connectivity index (χ1n) is 8.07. The summed E-state index contributed by atoms with van der Waals surface area (Å²) in [5, 5.41) is 4.12. The molecule has 0 atom stereocenters. The van der Waals surface area contributed by atoms with E-state index in [9.17, 15) is 13.2 Å². The molecule has 4 rings (SSSR count). The van der Waals surface area contributed by atoms with Crippen LogP contribution in [0, 0.1) is 0 Å². The van der Waals surface area contributed by atoms with Gasteiger partial charge in [-0.15, -0.1) is 0 Å². The molecule has 2 aromatic carbocycles. The summed E-state index contributed by atoms with van der Waals surface area (Å²) in [6.45, 7) is 1.47. The highest BCUT2D eigenvalue weighted by molar-refractivity contribution is 5.97. The summed E-state index contributed by atoms with van der Waals surface area (Å²) in [5.41, 5.74) is 1.69. The predicted octanol–water partition coefficient (Wildman–Crippen LogP) is 4.40. The second kappa shape index (κ2) is 5.95. The SMILES string of the molecule is FC(F)(F)c1ccccc1-c1[nH]c2ccccc2c1CC1=NCCN1. The standard InChI is InChI=1S/C19H16F3N3/c20-19(21,22)15-7-3-1-6-13(15)18-14(11-17-23-9-10-24-17)12-5-2-4-8-16(12)25-18/h1-8,25H,9-11H2,(H,23,24). The maximum absolute atomic E-state index is 13.5. The Morgan fingerprint density at radius 1 is 1.00 bits per heavy atom. The first-order valence-corrected chi connectivity index (χ1v) is 8.07. The van der Waals surface area contributed by atoms with E-state index in [0.29, 0.717) is 18.7 Å². The summed E-state index contributed by atoms with van der Waals surface area (Å²) in [4.78, 5) is 7.58. The Morgan fingerprint density at radius 2 is 1.76 bits per heavy atom. The van der Waals surface area contributed by atoms with Crippen molar-refractivity contribution in [3.63, 3.8) is 0 Å². The van der Waals surface area contributed by atoms with Crippen molar-refractivity contribution < 1.29 is 13.2 Å². The minimum atomic E-state index is -4.41. The van der Waals surface area contributed by atoms with Crippen molar-refractivity contribution >= 4 is 16.7 Å². The number of benzene rings is 2. The van der Waals surface area contributed by atoms with Crippen LogP contribution in [-0.2, 0) is 12.6 Å².